The average Bonchev–Trinajstić information content (AvgIpc) is 2.55. The van der Waals surface area contributed by atoms with Crippen LogP contribution in [0.1, 0.15) is 29.6 Å². The number of hydrogen-bond donors (Lipinski definition) is 2. The van der Waals surface area contributed by atoms with Crippen molar-refractivity contribution in [3.8, 4) is 5.75 Å². The summed E-state index contributed by atoms with van der Waals surface area (Å²) in [4.78, 5) is 12.1. The maximum atomic E-state index is 12.1. The summed E-state index contributed by atoms with van der Waals surface area (Å²) in [5, 5.41) is 3.37. The molecule has 22 heavy (non-hydrogen) atoms. The van der Waals surface area contributed by atoms with Gasteiger partial charge < -0.3 is 20.5 Å². The molecule has 5 nitrogen and oxygen atoms in total. The zero-order valence-electron chi connectivity index (χ0n) is 12.6. The first-order chi connectivity index (χ1) is 10.7. The minimum Gasteiger partial charge on any atom is -0.492 e. The van der Waals surface area contributed by atoms with Gasteiger partial charge in [-0.1, -0.05) is 11.6 Å². The molecule has 1 heterocycles. The predicted molar refractivity (Wildman–Crippen MR) is 86.5 cm³/mol. The molecule has 0 saturated carbocycles. The molecular weight excluding hydrogens is 304 g/mol. The summed E-state index contributed by atoms with van der Waals surface area (Å²) in [5.74, 6) is 0.848. The molecule has 1 aromatic carbocycles. The SMILES string of the molecule is NCCCOc1ccc(C(=O)NCC2CCCOC2)cc1Cl. The van der Waals surface area contributed by atoms with Crippen molar-refractivity contribution in [1.82, 2.24) is 5.32 Å². The highest BCUT2D eigenvalue weighted by Gasteiger charge is 2.16. The summed E-state index contributed by atoms with van der Waals surface area (Å²) in [5.41, 5.74) is 5.95. The number of halogens is 1. The van der Waals surface area contributed by atoms with Crippen molar-refractivity contribution in [3.05, 3.63) is 28.8 Å². The molecule has 2 rings (SSSR count). The van der Waals surface area contributed by atoms with Gasteiger partial charge in [-0.05, 0) is 49.9 Å². The number of carbonyl (C=O) groups is 1. The summed E-state index contributed by atoms with van der Waals surface area (Å²) in [6, 6.07) is 5.07. The molecule has 0 spiro atoms. The summed E-state index contributed by atoms with van der Waals surface area (Å²) < 4.78 is 10.9. The maximum absolute atomic E-state index is 12.1. The molecule has 0 radical (unpaired) electrons. The van der Waals surface area contributed by atoms with Crippen LogP contribution in [-0.4, -0.2) is 38.8 Å². The fourth-order valence-electron chi connectivity index (χ4n) is 2.33. The van der Waals surface area contributed by atoms with Crippen molar-refractivity contribution in [2.75, 3.05) is 32.9 Å². The van der Waals surface area contributed by atoms with Crippen molar-refractivity contribution in [2.24, 2.45) is 11.7 Å². The molecule has 1 amide bonds. The Morgan fingerprint density at radius 3 is 3.05 bits per heavy atom. The van der Waals surface area contributed by atoms with Gasteiger partial charge in [0, 0.05) is 18.7 Å². The first-order valence-electron chi connectivity index (χ1n) is 7.69. The van der Waals surface area contributed by atoms with Crippen LogP contribution in [0.25, 0.3) is 0 Å². The smallest absolute Gasteiger partial charge is 0.251 e. The second-order valence-electron chi connectivity index (χ2n) is 5.43. The first-order valence-corrected chi connectivity index (χ1v) is 8.07. The molecule has 1 atom stereocenters. The second-order valence-corrected chi connectivity index (χ2v) is 5.84. The quantitative estimate of drug-likeness (QED) is 0.754. The number of amides is 1. The van der Waals surface area contributed by atoms with Gasteiger partial charge in [0.2, 0.25) is 0 Å². The van der Waals surface area contributed by atoms with E-state index in [0.29, 0.717) is 41.9 Å². The molecule has 1 unspecified atom stereocenters. The van der Waals surface area contributed by atoms with Gasteiger partial charge in [-0.3, -0.25) is 4.79 Å². The van der Waals surface area contributed by atoms with Gasteiger partial charge in [-0.2, -0.15) is 0 Å². The van der Waals surface area contributed by atoms with E-state index in [1.54, 1.807) is 18.2 Å². The molecule has 0 bridgehead atoms. The zero-order valence-corrected chi connectivity index (χ0v) is 13.4. The monoisotopic (exact) mass is 326 g/mol. The third kappa shape index (κ3) is 5.16. The van der Waals surface area contributed by atoms with Crippen LogP contribution in [0.3, 0.4) is 0 Å². The molecule has 6 heteroatoms. The summed E-state index contributed by atoms with van der Waals surface area (Å²) in [6.07, 6.45) is 2.91. The van der Waals surface area contributed by atoms with Crippen LogP contribution in [0.2, 0.25) is 5.02 Å². The number of ether oxygens (including phenoxy) is 2. The Morgan fingerprint density at radius 1 is 1.50 bits per heavy atom. The second kappa shape index (κ2) is 8.98. The number of benzene rings is 1. The van der Waals surface area contributed by atoms with Crippen LogP contribution in [-0.2, 0) is 4.74 Å². The highest BCUT2D eigenvalue weighted by Crippen LogP contribution is 2.25. The highest BCUT2D eigenvalue weighted by atomic mass is 35.5. The van der Waals surface area contributed by atoms with Crippen LogP contribution in [0, 0.1) is 5.92 Å². The van der Waals surface area contributed by atoms with Crippen LogP contribution in [0.5, 0.6) is 5.75 Å². The summed E-state index contributed by atoms with van der Waals surface area (Å²) >= 11 is 6.15. The lowest BCUT2D eigenvalue weighted by atomic mass is 10.0. The first kappa shape index (κ1) is 17.1. The van der Waals surface area contributed by atoms with E-state index in [0.717, 1.165) is 32.5 Å². The Hall–Kier alpha value is -1.30. The van der Waals surface area contributed by atoms with E-state index in [1.807, 2.05) is 0 Å². The van der Waals surface area contributed by atoms with E-state index < -0.39 is 0 Å². The molecule has 122 valence electrons. The average molecular weight is 327 g/mol. The maximum Gasteiger partial charge on any atom is 0.251 e. The lowest BCUT2D eigenvalue weighted by Gasteiger charge is -2.22. The topological polar surface area (TPSA) is 73.6 Å². The molecule has 1 aliphatic heterocycles. The minimum absolute atomic E-state index is 0.124. The molecule has 0 aliphatic carbocycles. The van der Waals surface area contributed by atoms with Gasteiger partial charge in [0.05, 0.1) is 18.2 Å². The summed E-state index contributed by atoms with van der Waals surface area (Å²) in [6.45, 7) is 3.26. The van der Waals surface area contributed by atoms with E-state index >= 15 is 0 Å². The number of nitrogens with two attached hydrogens (primary N) is 1. The minimum atomic E-state index is -0.124. The molecule has 1 saturated heterocycles. The molecule has 1 fully saturated rings. The Morgan fingerprint density at radius 2 is 2.36 bits per heavy atom. The molecule has 1 aliphatic rings. The third-order valence-corrected chi connectivity index (χ3v) is 3.90. The van der Waals surface area contributed by atoms with Crippen molar-refractivity contribution in [3.63, 3.8) is 0 Å². The molecule has 0 aromatic heterocycles. The number of carbonyl (C=O) groups excluding carboxylic acids is 1. The highest BCUT2D eigenvalue weighted by molar-refractivity contribution is 6.32. The largest absolute Gasteiger partial charge is 0.492 e. The molecular formula is C16H23ClN2O3. The van der Waals surface area contributed by atoms with Crippen molar-refractivity contribution in [2.45, 2.75) is 19.3 Å². The lowest BCUT2D eigenvalue weighted by Crippen LogP contribution is -2.33. The third-order valence-electron chi connectivity index (χ3n) is 3.61. The molecule has 1 aromatic rings. The Kier molecular flexibility index (Phi) is 6.96. The predicted octanol–water partition coefficient (Wildman–Crippen LogP) is 2.22. The molecule has 3 N–H and O–H groups in total. The number of nitrogens with one attached hydrogen (secondary N) is 1. The Bertz CT molecular complexity index is 490. The van der Waals surface area contributed by atoms with Gasteiger partial charge >= 0.3 is 0 Å². The number of rotatable bonds is 7. The fraction of sp³-hybridized carbons (Fsp3) is 0.562. The zero-order chi connectivity index (χ0) is 15.8. The van der Waals surface area contributed by atoms with Crippen molar-refractivity contribution >= 4 is 17.5 Å². The Balaban J connectivity index is 1.85. The van der Waals surface area contributed by atoms with Crippen LogP contribution < -0.4 is 15.8 Å². The van der Waals surface area contributed by atoms with E-state index in [2.05, 4.69) is 5.32 Å². The van der Waals surface area contributed by atoms with Gasteiger partial charge in [0.1, 0.15) is 5.75 Å². The lowest BCUT2D eigenvalue weighted by molar-refractivity contribution is 0.0536. The van der Waals surface area contributed by atoms with Crippen LogP contribution in [0.15, 0.2) is 18.2 Å². The van der Waals surface area contributed by atoms with Gasteiger partial charge in [0.15, 0.2) is 0 Å². The Labute approximate surface area is 136 Å². The van der Waals surface area contributed by atoms with Crippen LogP contribution in [0.4, 0.5) is 0 Å². The number of hydrogen-bond acceptors (Lipinski definition) is 4. The van der Waals surface area contributed by atoms with Gasteiger partial charge in [-0.15, -0.1) is 0 Å². The van der Waals surface area contributed by atoms with E-state index in [9.17, 15) is 4.79 Å². The normalized spacial score (nSPS) is 18.0. The summed E-state index contributed by atoms with van der Waals surface area (Å²) in [7, 11) is 0. The van der Waals surface area contributed by atoms with Gasteiger partial charge in [0.25, 0.3) is 5.91 Å². The van der Waals surface area contributed by atoms with Crippen molar-refractivity contribution < 1.29 is 14.3 Å². The fourth-order valence-corrected chi connectivity index (χ4v) is 2.57. The van der Waals surface area contributed by atoms with E-state index in [1.165, 1.54) is 0 Å². The van der Waals surface area contributed by atoms with E-state index in [-0.39, 0.29) is 5.91 Å². The van der Waals surface area contributed by atoms with E-state index in [4.69, 9.17) is 26.8 Å². The van der Waals surface area contributed by atoms with Crippen LogP contribution >= 0.6 is 11.6 Å². The van der Waals surface area contributed by atoms with Crippen molar-refractivity contribution in [1.29, 1.82) is 0 Å². The standard InChI is InChI=1S/C16H23ClN2O3/c17-14-9-13(4-5-15(14)22-8-2-6-18)16(20)19-10-12-3-1-7-21-11-12/h4-5,9,12H,1-3,6-8,10-11,18H2,(H,19,20). The van der Waals surface area contributed by atoms with Gasteiger partial charge in [-0.25, -0.2) is 0 Å².